The first kappa shape index (κ1) is 43.3. The zero-order chi connectivity index (χ0) is 38.4. The van der Waals surface area contributed by atoms with E-state index in [0.717, 1.165) is 77.9 Å². The van der Waals surface area contributed by atoms with Crippen molar-refractivity contribution < 1.29 is 24.2 Å². The highest BCUT2D eigenvalue weighted by Crippen LogP contribution is 2.42. The number of aromatic carboxylic acids is 1. The maximum atomic E-state index is 12.1. The number of fused-ring (bicyclic) bond motifs is 2. The summed E-state index contributed by atoms with van der Waals surface area (Å²) in [5.74, 6) is -0.842. The first-order valence-electron chi connectivity index (χ1n) is 20.7. The van der Waals surface area contributed by atoms with Crippen molar-refractivity contribution in [2.24, 2.45) is 0 Å². The van der Waals surface area contributed by atoms with Gasteiger partial charge in [-0.1, -0.05) is 115 Å². The van der Waals surface area contributed by atoms with E-state index in [1.165, 1.54) is 83.5 Å². The topological polar surface area (TPSA) is 94.0 Å². The molecule has 290 valence electrons. The zero-order valence-electron chi connectivity index (χ0n) is 33.4. The molecular weight excluding hydrogens is 661 g/mol. The molecule has 1 aliphatic heterocycles. The standard InChI is InChI=1S/C28H30N2O3.C18H36O2/c1-5-29(6-2)19-13-15-23-25(17-19)33-26-18-20(30(7-3)8-4)14-16-24(26)27(23)21-11-9-10-12-22(21)28(31)32;1-2-3-4-5-6-7-8-9-10-11-12-13-14-15-16-17-18(19)20/h9-18H,5-8H2,1-4H3;2-17H2,1H3,(H,19,20)/p+1. The van der Waals surface area contributed by atoms with Gasteiger partial charge in [0.2, 0.25) is 5.36 Å². The lowest BCUT2D eigenvalue weighted by molar-refractivity contribution is -0.137. The lowest BCUT2D eigenvalue weighted by Gasteiger charge is -2.22. The Morgan fingerprint density at radius 2 is 1.21 bits per heavy atom. The fourth-order valence-corrected chi connectivity index (χ4v) is 7.26. The van der Waals surface area contributed by atoms with Crippen LogP contribution in [0.3, 0.4) is 0 Å². The molecule has 1 aliphatic carbocycles. The Morgan fingerprint density at radius 3 is 1.74 bits per heavy atom. The molecule has 0 fully saturated rings. The summed E-state index contributed by atoms with van der Waals surface area (Å²) in [4.78, 5) is 24.7. The van der Waals surface area contributed by atoms with E-state index in [0.29, 0.717) is 12.0 Å². The number of unbranched alkanes of at least 4 members (excludes halogenated alkanes) is 14. The summed E-state index contributed by atoms with van der Waals surface area (Å²) in [5.41, 5.74) is 4.62. The molecule has 7 nitrogen and oxygen atoms in total. The lowest BCUT2D eigenvalue weighted by Crippen LogP contribution is -2.29. The van der Waals surface area contributed by atoms with Gasteiger partial charge in [-0.15, -0.1) is 0 Å². The Labute approximate surface area is 319 Å². The minimum atomic E-state index is -0.938. The van der Waals surface area contributed by atoms with Crippen molar-refractivity contribution in [3.63, 3.8) is 0 Å². The summed E-state index contributed by atoms with van der Waals surface area (Å²) in [7, 11) is 0. The second-order valence-electron chi connectivity index (χ2n) is 14.1. The highest BCUT2D eigenvalue weighted by atomic mass is 16.4. The molecule has 0 amide bonds. The largest absolute Gasteiger partial charge is 0.481 e. The molecule has 0 aromatic heterocycles. The Hall–Kier alpha value is -4.13. The molecule has 2 aromatic rings. The quantitative estimate of drug-likeness (QED) is 0.0449. The summed E-state index contributed by atoms with van der Waals surface area (Å²) in [6, 6.07) is 19.6. The van der Waals surface area contributed by atoms with E-state index in [-0.39, 0.29) is 5.56 Å². The summed E-state index contributed by atoms with van der Waals surface area (Å²) >= 11 is 0. The van der Waals surface area contributed by atoms with Gasteiger partial charge in [-0.2, -0.15) is 0 Å². The van der Waals surface area contributed by atoms with E-state index in [1.54, 1.807) is 12.1 Å². The smallest absolute Gasteiger partial charge is 0.336 e. The molecule has 53 heavy (non-hydrogen) atoms. The van der Waals surface area contributed by atoms with Gasteiger partial charge >= 0.3 is 11.9 Å². The van der Waals surface area contributed by atoms with Crippen molar-refractivity contribution in [2.45, 2.75) is 137 Å². The second kappa shape index (κ2) is 24.2. The van der Waals surface area contributed by atoms with Crippen LogP contribution in [-0.2, 0) is 4.79 Å². The molecule has 0 bridgehead atoms. The Morgan fingerprint density at radius 1 is 0.642 bits per heavy atom. The predicted octanol–water partition coefficient (Wildman–Crippen LogP) is 11.9. The van der Waals surface area contributed by atoms with Crippen LogP contribution < -0.4 is 14.8 Å². The SMILES string of the molecule is CCCCCCCCCCCCCCCCCC(=O)O.CCN(CC)c1ccc2c(-c3ccccc3C(=O)O)c3ccc(=[N+](CC)CC)cc-3oc2c1. The number of anilines is 1. The number of nitrogens with zero attached hydrogens (tertiary/aromatic N) is 2. The van der Waals surface area contributed by atoms with E-state index < -0.39 is 11.9 Å². The van der Waals surface area contributed by atoms with Crippen LogP contribution in [0.5, 0.6) is 0 Å². The fourth-order valence-electron chi connectivity index (χ4n) is 7.26. The van der Waals surface area contributed by atoms with Crippen molar-refractivity contribution >= 4 is 28.6 Å². The average Bonchev–Trinajstić information content (AvgIpc) is 3.16. The molecule has 0 radical (unpaired) electrons. The third-order valence-corrected chi connectivity index (χ3v) is 10.4. The van der Waals surface area contributed by atoms with Crippen molar-refractivity contribution in [3.05, 3.63) is 71.6 Å². The number of carbonyl (C=O) groups is 2. The van der Waals surface area contributed by atoms with Crippen LogP contribution in [0.25, 0.3) is 33.4 Å². The van der Waals surface area contributed by atoms with Crippen LogP contribution in [0.1, 0.15) is 148 Å². The molecule has 2 aromatic carbocycles. The molecule has 0 saturated carbocycles. The monoisotopic (exact) mass is 728 g/mol. The second-order valence-corrected chi connectivity index (χ2v) is 14.1. The van der Waals surface area contributed by atoms with Crippen molar-refractivity contribution in [1.82, 2.24) is 4.58 Å². The molecule has 0 unspecified atom stereocenters. The predicted molar refractivity (Wildman–Crippen MR) is 222 cm³/mol. The third kappa shape index (κ3) is 13.7. The van der Waals surface area contributed by atoms with Crippen LogP contribution >= 0.6 is 0 Å². The van der Waals surface area contributed by atoms with Gasteiger partial charge in [0.15, 0.2) is 0 Å². The van der Waals surface area contributed by atoms with Crippen LogP contribution in [0.2, 0.25) is 0 Å². The van der Waals surface area contributed by atoms with Gasteiger partial charge in [0, 0.05) is 53.8 Å². The number of benzene rings is 3. The normalized spacial score (nSPS) is 11.0. The van der Waals surface area contributed by atoms with Crippen molar-refractivity contribution in [1.29, 1.82) is 0 Å². The number of rotatable bonds is 23. The van der Waals surface area contributed by atoms with Gasteiger partial charge in [-0.3, -0.25) is 4.79 Å². The third-order valence-electron chi connectivity index (χ3n) is 10.4. The van der Waals surface area contributed by atoms with E-state index in [2.05, 4.69) is 80.5 Å². The molecule has 0 atom stereocenters. The van der Waals surface area contributed by atoms with Crippen molar-refractivity contribution in [3.8, 4) is 22.5 Å². The summed E-state index contributed by atoms with van der Waals surface area (Å²) < 4.78 is 8.74. The Bertz CT molecular complexity index is 1710. The summed E-state index contributed by atoms with van der Waals surface area (Å²) in [6.45, 7) is 14.4. The molecule has 4 rings (SSSR count). The van der Waals surface area contributed by atoms with Gasteiger partial charge in [-0.25, -0.2) is 9.37 Å². The van der Waals surface area contributed by atoms with E-state index in [9.17, 15) is 14.7 Å². The molecule has 2 N–H and O–H groups in total. The van der Waals surface area contributed by atoms with E-state index >= 15 is 0 Å². The fraction of sp³-hybridized carbons (Fsp3) is 0.543. The average molecular weight is 728 g/mol. The van der Waals surface area contributed by atoms with Gasteiger partial charge in [0.05, 0.1) is 11.6 Å². The Balaban J connectivity index is 0.000000327. The minimum absolute atomic E-state index is 0.284. The Kier molecular flexibility index (Phi) is 19.8. The van der Waals surface area contributed by atoms with Crippen molar-refractivity contribution in [2.75, 3.05) is 31.1 Å². The van der Waals surface area contributed by atoms with Gasteiger partial charge in [0.1, 0.15) is 24.4 Å². The molecule has 1 heterocycles. The number of aliphatic carboxylic acids is 1. The highest BCUT2D eigenvalue weighted by Gasteiger charge is 2.22. The summed E-state index contributed by atoms with van der Waals surface area (Å²) in [6.07, 6.45) is 20.2. The minimum Gasteiger partial charge on any atom is -0.481 e. The molecule has 0 spiro atoms. The van der Waals surface area contributed by atoms with Gasteiger partial charge < -0.3 is 19.5 Å². The molecule has 0 saturated heterocycles. The van der Waals surface area contributed by atoms with Gasteiger partial charge in [-0.05, 0) is 63.9 Å². The molecular formula is C46H67N2O5+. The summed E-state index contributed by atoms with van der Waals surface area (Å²) in [5, 5.41) is 20.4. The zero-order valence-corrected chi connectivity index (χ0v) is 33.4. The first-order valence-corrected chi connectivity index (χ1v) is 20.7. The maximum absolute atomic E-state index is 12.1. The van der Waals surface area contributed by atoms with E-state index in [4.69, 9.17) is 9.52 Å². The number of hydrogen-bond acceptors (Lipinski definition) is 4. The van der Waals surface area contributed by atoms with E-state index in [1.807, 2.05) is 12.1 Å². The number of carboxylic acids is 2. The maximum Gasteiger partial charge on any atom is 0.336 e. The first-order chi connectivity index (χ1) is 25.8. The molecule has 7 heteroatoms. The van der Waals surface area contributed by atoms with Crippen LogP contribution in [-0.4, -0.2) is 48.3 Å². The highest BCUT2D eigenvalue weighted by molar-refractivity contribution is 6.07. The number of hydrogen-bond donors (Lipinski definition) is 2. The number of carboxylic acid groups (broad SMARTS) is 2. The van der Waals surface area contributed by atoms with Crippen LogP contribution in [0.15, 0.2) is 65.1 Å². The van der Waals surface area contributed by atoms with Crippen LogP contribution in [0, 0.1) is 0 Å². The van der Waals surface area contributed by atoms with Crippen LogP contribution in [0.4, 0.5) is 5.69 Å². The van der Waals surface area contributed by atoms with Gasteiger partial charge in [0.25, 0.3) is 0 Å². The molecule has 2 aliphatic rings. The lowest BCUT2D eigenvalue weighted by atomic mass is 9.90.